The molecular formula is C26H29N3O2S. The number of likely N-dealkylation sites (tertiary alicyclic amines) is 1. The zero-order valence-corrected chi connectivity index (χ0v) is 19.2. The van der Waals surface area contributed by atoms with E-state index in [1.165, 1.54) is 15.6 Å². The first-order valence-corrected chi connectivity index (χ1v) is 12.2. The Bertz CT molecular complexity index is 1270. The fourth-order valence-electron chi connectivity index (χ4n) is 4.62. The lowest BCUT2D eigenvalue weighted by Crippen LogP contribution is -2.43. The molecule has 0 aliphatic carbocycles. The van der Waals surface area contributed by atoms with Crippen LogP contribution in [-0.4, -0.2) is 42.3 Å². The van der Waals surface area contributed by atoms with Crippen LogP contribution in [0.2, 0.25) is 0 Å². The highest BCUT2D eigenvalue weighted by molar-refractivity contribution is 7.17. The summed E-state index contributed by atoms with van der Waals surface area (Å²) < 4.78 is 8.59. The number of nitrogens with zero attached hydrogens (tertiary/aromatic N) is 2. The molecule has 1 fully saturated rings. The van der Waals surface area contributed by atoms with Crippen LogP contribution >= 0.6 is 11.3 Å². The Kier molecular flexibility index (Phi) is 6.26. The second kappa shape index (κ2) is 9.45. The van der Waals surface area contributed by atoms with Gasteiger partial charge in [-0.05, 0) is 84.0 Å². The second-order valence-corrected chi connectivity index (χ2v) is 9.49. The lowest BCUT2D eigenvalue weighted by Gasteiger charge is -2.32. The van der Waals surface area contributed by atoms with Crippen molar-refractivity contribution in [2.24, 2.45) is 0 Å². The average molecular weight is 448 g/mol. The smallest absolute Gasteiger partial charge is 0.251 e. The molecule has 0 atom stereocenters. The summed E-state index contributed by atoms with van der Waals surface area (Å²) in [6, 6.07) is 19.0. The number of hydrogen-bond donors (Lipinski definition) is 1. The highest BCUT2D eigenvalue weighted by Gasteiger charge is 2.19. The molecule has 0 spiro atoms. The molecule has 2 aromatic carbocycles. The number of thiophene rings is 1. The normalized spacial score (nSPS) is 15.5. The zero-order chi connectivity index (χ0) is 21.9. The maximum Gasteiger partial charge on any atom is 0.251 e. The van der Waals surface area contributed by atoms with Crippen molar-refractivity contribution in [1.82, 2.24) is 14.8 Å². The van der Waals surface area contributed by atoms with Gasteiger partial charge < -0.3 is 19.5 Å². The van der Waals surface area contributed by atoms with Gasteiger partial charge in [0, 0.05) is 42.5 Å². The van der Waals surface area contributed by atoms with E-state index in [4.69, 9.17) is 4.74 Å². The molecule has 166 valence electrons. The summed E-state index contributed by atoms with van der Waals surface area (Å²) in [5.41, 5.74) is 2.34. The van der Waals surface area contributed by atoms with Gasteiger partial charge in [-0.25, -0.2) is 0 Å². The number of benzene rings is 2. The molecule has 0 saturated carbocycles. The van der Waals surface area contributed by atoms with Gasteiger partial charge in [-0.15, -0.1) is 11.3 Å². The highest BCUT2D eigenvalue weighted by Crippen LogP contribution is 2.22. The summed E-state index contributed by atoms with van der Waals surface area (Å²) in [5.74, 6) is 0.780. The molecule has 1 N–H and O–H groups in total. The largest absolute Gasteiger partial charge is 0.497 e. The Morgan fingerprint density at radius 3 is 2.69 bits per heavy atom. The van der Waals surface area contributed by atoms with Crippen molar-refractivity contribution in [3.63, 3.8) is 0 Å². The lowest BCUT2D eigenvalue weighted by molar-refractivity contribution is 0.191. The van der Waals surface area contributed by atoms with Crippen molar-refractivity contribution in [2.45, 2.75) is 32.0 Å². The third-order valence-electron chi connectivity index (χ3n) is 6.54. The fraction of sp³-hybridized carbons (Fsp3) is 0.346. The topological polar surface area (TPSA) is 46.5 Å². The third kappa shape index (κ3) is 4.58. The predicted octanol–water partition coefficient (Wildman–Crippen LogP) is 4.48. The van der Waals surface area contributed by atoms with Crippen LogP contribution in [0.15, 0.2) is 64.8 Å². The van der Waals surface area contributed by atoms with E-state index in [-0.39, 0.29) is 5.56 Å². The van der Waals surface area contributed by atoms with Crippen molar-refractivity contribution < 1.29 is 4.74 Å². The number of hydrogen-bond acceptors (Lipinski definition) is 5. The molecule has 3 heterocycles. The first-order chi connectivity index (χ1) is 15.7. The van der Waals surface area contributed by atoms with E-state index in [1.807, 2.05) is 28.8 Å². The third-order valence-corrected chi connectivity index (χ3v) is 7.44. The lowest BCUT2D eigenvalue weighted by atomic mass is 10.0. The fourth-order valence-corrected chi connectivity index (χ4v) is 5.39. The summed E-state index contributed by atoms with van der Waals surface area (Å²) in [4.78, 5) is 15.0. The van der Waals surface area contributed by atoms with Gasteiger partial charge in [0.15, 0.2) is 0 Å². The minimum absolute atomic E-state index is 0.0462. The van der Waals surface area contributed by atoms with Crippen molar-refractivity contribution >= 4 is 32.3 Å². The van der Waals surface area contributed by atoms with Gasteiger partial charge in [0.1, 0.15) is 5.75 Å². The molecular weight excluding hydrogens is 418 g/mol. The van der Waals surface area contributed by atoms with E-state index in [1.54, 1.807) is 24.5 Å². The van der Waals surface area contributed by atoms with Crippen molar-refractivity contribution in [3.05, 3.63) is 75.9 Å². The molecule has 0 amide bonds. The van der Waals surface area contributed by atoms with Gasteiger partial charge in [0.05, 0.1) is 12.6 Å². The quantitative estimate of drug-likeness (QED) is 0.454. The van der Waals surface area contributed by atoms with E-state index in [0.717, 1.165) is 55.7 Å². The van der Waals surface area contributed by atoms with Crippen LogP contribution in [0.25, 0.3) is 21.0 Å². The molecule has 0 unspecified atom stereocenters. The van der Waals surface area contributed by atoms with E-state index in [2.05, 4.69) is 39.9 Å². The highest BCUT2D eigenvalue weighted by atomic mass is 32.1. The number of pyridine rings is 1. The number of piperidine rings is 1. The Morgan fingerprint density at radius 1 is 1.00 bits per heavy atom. The maximum absolute atomic E-state index is 12.5. The van der Waals surface area contributed by atoms with Crippen LogP contribution in [0.3, 0.4) is 0 Å². The van der Waals surface area contributed by atoms with Gasteiger partial charge >= 0.3 is 0 Å². The number of nitrogens with one attached hydrogen (secondary N) is 1. The first-order valence-electron chi connectivity index (χ1n) is 11.3. The zero-order valence-electron chi connectivity index (χ0n) is 18.4. The van der Waals surface area contributed by atoms with Gasteiger partial charge in [-0.2, -0.15) is 0 Å². The van der Waals surface area contributed by atoms with E-state index >= 15 is 0 Å². The number of rotatable bonds is 7. The number of ether oxygens (including phenoxy) is 1. The number of fused-ring (bicyclic) bond motifs is 2. The van der Waals surface area contributed by atoms with Crippen LogP contribution in [0.5, 0.6) is 5.75 Å². The van der Waals surface area contributed by atoms with E-state index < -0.39 is 0 Å². The molecule has 0 bridgehead atoms. The standard InChI is InChI=1S/C26H29N3O2S/c1-31-23-5-3-20-4-7-26(30)29(24(20)17-23)14-13-28-11-8-22(9-12-28)27-18-19-2-6-25-21(16-19)10-15-32-25/h2-7,10,15-17,22,27H,8-9,11-14,18H2,1H3. The Morgan fingerprint density at radius 2 is 1.84 bits per heavy atom. The summed E-state index contributed by atoms with van der Waals surface area (Å²) in [6.45, 7) is 4.62. The average Bonchev–Trinajstić information content (AvgIpc) is 3.30. The summed E-state index contributed by atoms with van der Waals surface area (Å²) >= 11 is 1.80. The van der Waals surface area contributed by atoms with Crippen LogP contribution < -0.4 is 15.6 Å². The maximum atomic E-state index is 12.5. The summed E-state index contributed by atoms with van der Waals surface area (Å²) in [7, 11) is 1.66. The molecule has 0 radical (unpaired) electrons. The number of aromatic nitrogens is 1. The van der Waals surface area contributed by atoms with Crippen LogP contribution in [-0.2, 0) is 13.1 Å². The van der Waals surface area contributed by atoms with Crippen LogP contribution in [0, 0.1) is 0 Å². The minimum Gasteiger partial charge on any atom is -0.497 e. The Hall–Kier alpha value is -2.67. The second-order valence-electron chi connectivity index (χ2n) is 8.54. The van der Waals surface area contributed by atoms with Gasteiger partial charge in [-0.1, -0.05) is 6.07 Å². The first kappa shape index (κ1) is 21.2. The van der Waals surface area contributed by atoms with Crippen molar-refractivity contribution in [2.75, 3.05) is 26.7 Å². The van der Waals surface area contributed by atoms with Crippen LogP contribution in [0.4, 0.5) is 0 Å². The molecule has 1 aliphatic heterocycles. The molecule has 32 heavy (non-hydrogen) atoms. The van der Waals surface area contributed by atoms with Crippen molar-refractivity contribution in [1.29, 1.82) is 0 Å². The molecule has 4 aromatic rings. The Labute approximate surface area is 192 Å². The van der Waals surface area contributed by atoms with Gasteiger partial charge in [-0.3, -0.25) is 4.79 Å². The minimum atomic E-state index is 0.0462. The van der Waals surface area contributed by atoms with Gasteiger partial charge in [0.2, 0.25) is 0 Å². The molecule has 1 aliphatic rings. The monoisotopic (exact) mass is 447 g/mol. The summed E-state index contributed by atoms with van der Waals surface area (Å²) in [6.07, 6.45) is 2.28. The molecule has 5 nitrogen and oxygen atoms in total. The molecule has 5 rings (SSSR count). The molecule has 1 saturated heterocycles. The van der Waals surface area contributed by atoms with E-state index in [9.17, 15) is 4.79 Å². The molecule has 2 aromatic heterocycles. The van der Waals surface area contributed by atoms with Crippen molar-refractivity contribution in [3.8, 4) is 5.75 Å². The predicted molar refractivity (Wildman–Crippen MR) is 133 cm³/mol. The molecule has 6 heteroatoms. The summed E-state index contributed by atoms with van der Waals surface area (Å²) in [5, 5.41) is 8.30. The number of methoxy groups -OCH3 is 1. The van der Waals surface area contributed by atoms with E-state index in [0.29, 0.717) is 12.6 Å². The SMILES string of the molecule is COc1ccc2ccc(=O)n(CCN3CCC(NCc4ccc5sccc5c4)CC3)c2c1. The van der Waals surface area contributed by atoms with Gasteiger partial charge in [0.25, 0.3) is 5.56 Å². The van der Waals surface area contributed by atoms with Crippen LogP contribution in [0.1, 0.15) is 18.4 Å². The Balaban J connectivity index is 1.15.